The van der Waals surface area contributed by atoms with Gasteiger partial charge in [-0.2, -0.15) is 0 Å². The van der Waals surface area contributed by atoms with Gasteiger partial charge in [-0.25, -0.2) is 0 Å². The van der Waals surface area contributed by atoms with Gasteiger partial charge < -0.3 is 30.0 Å². The van der Waals surface area contributed by atoms with E-state index < -0.39 is 34.6 Å². The van der Waals surface area contributed by atoms with Crippen LogP contribution in [0, 0.1) is 22.7 Å². The van der Waals surface area contributed by atoms with Gasteiger partial charge in [0.1, 0.15) is 11.6 Å². The minimum atomic E-state index is -1.29. The number of rotatable bonds is 10. The Labute approximate surface area is 219 Å². The summed E-state index contributed by atoms with van der Waals surface area (Å²) >= 11 is 0. The van der Waals surface area contributed by atoms with Gasteiger partial charge in [-0.15, -0.1) is 0 Å². The summed E-state index contributed by atoms with van der Waals surface area (Å²) in [6.07, 6.45) is 3.03. The number of hydrogen-bond donors (Lipinski definition) is 2. The predicted octanol–water partition coefficient (Wildman–Crippen LogP) is 1.53. The van der Waals surface area contributed by atoms with Crippen molar-refractivity contribution in [1.82, 2.24) is 0 Å². The normalized spacial score (nSPS) is 12.0. The van der Waals surface area contributed by atoms with Crippen LogP contribution in [0.1, 0.15) is 94.9 Å². The number of aliphatic carboxylic acids is 2. The molecule has 0 heterocycles. The van der Waals surface area contributed by atoms with Gasteiger partial charge >= 0.3 is 26.2 Å². The largest absolute Gasteiger partial charge is 2.00 e. The van der Waals surface area contributed by atoms with Crippen molar-refractivity contribution in [2.24, 2.45) is 22.7 Å². The second kappa shape index (κ2) is 22.9. The van der Waals surface area contributed by atoms with E-state index >= 15 is 0 Å². The molecule has 0 saturated heterocycles. The molecule has 0 aromatic rings. The second-order valence-electron chi connectivity index (χ2n) is 8.73. The number of carbonyl (C=O) groups is 4. The second-order valence-corrected chi connectivity index (χ2v) is 8.73. The number of ketones is 2. The van der Waals surface area contributed by atoms with Crippen molar-refractivity contribution in [3.8, 4) is 0 Å². The summed E-state index contributed by atoms with van der Waals surface area (Å²) < 4.78 is 0. The molecule has 0 rings (SSSR count). The molecule has 0 aliphatic carbocycles. The fraction of sp³-hybridized carbons (Fsp3) is 0.833. The first-order valence-electron chi connectivity index (χ1n) is 11.2. The maximum absolute atomic E-state index is 11.4. The van der Waals surface area contributed by atoms with Crippen molar-refractivity contribution in [2.45, 2.75) is 94.9 Å². The van der Waals surface area contributed by atoms with Crippen molar-refractivity contribution < 1.29 is 65.8 Å². The van der Waals surface area contributed by atoms with Crippen LogP contribution in [-0.2, 0) is 45.4 Å². The third kappa shape index (κ3) is 21.4. The third-order valence-corrected chi connectivity index (χ3v) is 5.04. The van der Waals surface area contributed by atoms with Crippen LogP contribution in [0.5, 0.6) is 0 Å². The fourth-order valence-corrected chi connectivity index (χ4v) is 1.73. The smallest absolute Gasteiger partial charge is 0.549 e. The SMILES string of the molecule is CCC(C)(C)C(=O)C(C)C(=O)[O-].CCC(C)(C)C(=O)C(C)C(=O)[O-].CCCO.CCCO.[Zr+2]. The number of carboxylic acids is 2. The van der Waals surface area contributed by atoms with Gasteiger partial charge in [-0.3, -0.25) is 9.59 Å². The third-order valence-electron chi connectivity index (χ3n) is 5.04. The maximum atomic E-state index is 11.4. The van der Waals surface area contributed by atoms with E-state index in [-0.39, 0.29) is 37.8 Å². The summed E-state index contributed by atoms with van der Waals surface area (Å²) in [5.41, 5.74) is -1.11. The van der Waals surface area contributed by atoms with Gasteiger partial charge in [0.25, 0.3) is 0 Å². The van der Waals surface area contributed by atoms with Crippen LogP contribution in [-0.4, -0.2) is 46.9 Å². The first-order chi connectivity index (χ1) is 14.5. The van der Waals surface area contributed by atoms with E-state index in [9.17, 15) is 29.4 Å². The Bertz CT molecular complexity index is 493. The molecule has 0 fully saturated rings. The van der Waals surface area contributed by atoms with E-state index in [1.807, 2.05) is 27.7 Å². The Balaban J connectivity index is -0.000000117. The van der Waals surface area contributed by atoms with E-state index in [1.165, 1.54) is 13.8 Å². The zero-order valence-corrected chi connectivity index (χ0v) is 24.7. The molecule has 0 aromatic carbocycles. The van der Waals surface area contributed by atoms with Gasteiger partial charge in [0.05, 0.1) is 23.8 Å². The Morgan fingerprint density at radius 3 is 0.939 bits per heavy atom. The van der Waals surface area contributed by atoms with E-state index in [0.29, 0.717) is 26.1 Å². The van der Waals surface area contributed by atoms with Crippen LogP contribution < -0.4 is 10.2 Å². The van der Waals surface area contributed by atoms with Crippen molar-refractivity contribution in [3.63, 3.8) is 0 Å². The molecule has 2 atom stereocenters. The van der Waals surface area contributed by atoms with E-state index in [0.717, 1.165) is 12.8 Å². The zero-order chi connectivity index (χ0) is 26.7. The zero-order valence-electron chi connectivity index (χ0n) is 22.2. The Morgan fingerprint density at radius 1 is 0.667 bits per heavy atom. The summed E-state index contributed by atoms with van der Waals surface area (Å²) in [6, 6.07) is 0. The molecule has 0 bridgehead atoms. The standard InChI is InChI=1S/2C9H16O3.2C3H8O.Zr/c2*1-5-9(3,4)7(10)6(2)8(11)12;2*1-2-3-4;/h2*6H,5H2,1-4H3,(H,11,12);2*4H,2-3H2,1H3;/q;;;;+2/p-2. The van der Waals surface area contributed by atoms with Crippen LogP contribution in [0.2, 0.25) is 0 Å². The fourth-order valence-electron chi connectivity index (χ4n) is 1.73. The molecule has 2 N–H and O–H groups in total. The maximum Gasteiger partial charge on any atom is 2.00 e. The van der Waals surface area contributed by atoms with Crippen LogP contribution >= 0.6 is 0 Å². The van der Waals surface area contributed by atoms with Crippen molar-refractivity contribution >= 4 is 23.5 Å². The minimum Gasteiger partial charge on any atom is -0.549 e. The van der Waals surface area contributed by atoms with Gasteiger partial charge in [0.2, 0.25) is 0 Å². The predicted molar refractivity (Wildman–Crippen MR) is 121 cm³/mol. The van der Waals surface area contributed by atoms with Gasteiger partial charge in [0, 0.05) is 24.0 Å². The van der Waals surface area contributed by atoms with Gasteiger partial charge in [-0.05, 0) is 25.7 Å². The monoisotopic (exact) mass is 552 g/mol. The average Bonchev–Trinajstić information content (AvgIpc) is 2.77. The van der Waals surface area contributed by atoms with E-state index in [1.54, 1.807) is 27.7 Å². The quantitative estimate of drug-likeness (QED) is 0.386. The Kier molecular flexibility index (Phi) is 29.3. The van der Waals surface area contributed by atoms with Gasteiger partial charge in [0.15, 0.2) is 0 Å². The van der Waals surface area contributed by atoms with Crippen molar-refractivity contribution in [3.05, 3.63) is 0 Å². The molecule has 8 nitrogen and oxygen atoms in total. The first kappa shape index (κ1) is 42.3. The van der Waals surface area contributed by atoms with Crippen molar-refractivity contribution in [1.29, 1.82) is 0 Å². The number of carbonyl (C=O) groups excluding carboxylic acids is 4. The first-order valence-corrected chi connectivity index (χ1v) is 11.2. The number of hydrogen-bond acceptors (Lipinski definition) is 8. The van der Waals surface area contributed by atoms with Crippen molar-refractivity contribution in [2.75, 3.05) is 13.2 Å². The molecular formula is C24H46O8Zr. The number of Topliss-reactive ketones (excluding diaryl/α,β-unsaturated/α-hetero) is 2. The molecule has 0 aromatic heterocycles. The summed E-state index contributed by atoms with van der Waals surface area (Å²) in [4.78, 5) is 43.6. The Hall–Kier alpha value is -0.917. The van der Waals surface area contributed by atoms with Crippen LogP contribution in [0.3, 0.4) is 0 Å². The summed E-state index contributed by atoms with van der Waals surface area (Å²) in [7, 11) is 0. The van der Waals surface area contributed by atoms with E-state index in [4.69, 9.17) is 10.2 Å². The molecule has 0 amide bonds. The minimum absolute atomic E-state index is 0. The average molecular weight is 554 g/mol. The summed E-state index contributed by atoms with van der Waals surface area (Å²) in [6.45, 7) is 17.9. The summed E-state index contributed by atoms with van der Waals surface area (Å²) in [5.74, 6) is -5.10. The number of aliphatic hydroxyl groups is 2. The van der Waals surface area contributed by atoms with Crippen LogP contribution in [0.25, 0.3) is 0 Å². The van der Waals surface area contributed by atoms with Crippen LogP contribution in [0.15, 0.2) is 0 Å². The van der Waals surface area contributed by atoms with Crippen LogP contribution in [0.4, 0.5) is 0 Å². The molecule has 194 valence electrons. The summed E-state index contributed by atoms with van der Waals surface area (Å²) in [5, 5.41) is 36.5. The molecule has 2 unspecified atom stereocenters. The molecule has 0 spiro atoms. The molecule has 33 heavy (non-hydrogen) atoms. The van der Waals surface area contributed by atoms with E-state index in [2.05, 4.69) is 0 Å². The molecule has 0 saturated carbocycles. The topological polar surface area (TPSA) is 155 Å². The molecule has 9 heteroatoms. The molecule has 0 aliphatic rings. The van der Waals surface area contributed by atoms with Gasteiger partial charge in [-0.1, -0.05) is 69.2 Å². The molecule has 0 radical (unpaired) electrons. The number of carboxylic acid groups (broad SMARTS) is 2. The molecule has 0 aliphatic heterocycles. The molecular weight excluding hydrogens is 507 g/mol. The Morgan fingerprint density at radius 2 is 0.848 bits per heavy atom. The number of aliphatic hydroxyl groups excluding tert-OH is 2.